The maximum Gasteiger partial charge on any atom is 0.0647 e. The van der Waals surface area contributed by atoms with Crippen molar-refractivity contribution in [1.82, 2.24) is 5.32 Å². The van der Waals surface area contributed by atoms with Gasteiger partial charge in [-0.1, -0.05) is 20.8 Å². The van der Waals surface area contributed by atoms with Crippen LogP contribution < -0.4 is 5.32 Å². The summed E-state index contributed by atoms with van der Waals surface area (Å²) in [6.07, 6.45) is 1.86. The van der Waals surface area contributed by atoms with Gasteiger partial charge in [-0.25, -0.2) is 0 Å². The van der Waals surface area contributed by atoms with Crippen molar-refractivity contribution in [2.75, 3.05) is 24.7 Å². The molecule has 1 atom stereocenters. The minimum absolute atomic E-state index is 0.00158. The molecule has 1 aliphatic rings. The van der Waals surface area contributed by atoms with E-state index in [9.17, 15) is 10.2 Å². The summed E-state index contributed by atoms with van der Waals surface area (Å²) in [5.41, 5.74) is -0.149. The summed E-state index contributed by atoms with van der Waals surface area (Å²) in [4.78, 5) is 0. The van der Waals surface area contributed by atoms with E-state index in [0.29, 0.717) is 11.5 Å². The maximum atomic E-state index is 9.41. The summed E-state index contributed by atoms with van der Waals surface area (Å²) in [7, 11) is 0. The number of aliphatic hydroxyl groups is 2. The van der Waals surface area contributed by atoms with Crippen molar-refractivity contribution in [3.8, 4) is 0 Å². The van der Waals surface area contributed by atoms with Crippen molar-refractivity contribution in [1.29, 1.82) is 0 Å². The maximum absolute atomic E-state index is 9.41. The normalized spacial score (nSPS) is 25.7. The molecule has 96 valence electrons. The van der Waals surface area contributed by atoms with Gasteiger partial charge in [-0.3, -0.25) is 0 Å². The standard InChI is InChI=1S/C12H25NO2S/c1-4-12(7-14,8-15)13-10-5-11(2,3)9-16-6-10/h10,13-15H,4-9H2,1-3H3. The molecule has 3 N–H and O–H groups in total. The van der Waals surface area contributed by atoms with Gasteiger partial charge in [-0.15, -0.1) is 0 Å². The van der Waals surface area contributed by atoms with Crippen LogP contribution >= 0.6 is 11.8 Å². The van der Waals surface area contributed by atoms with Gasteiger partial charge in [0.2, 0.25) is 0 Å². The largest absolute Gasteiger partial charge is 0.394 e. The number of nitrogens with one attached hydrogen (secondary N) is 1. The van der Waals surface area contributed by atoms with E-state index in [2.05, 4.69) is 19.2 Å². The zero-order valence-electron chi connectivity index (χ0n) is 10.6. The molecular weight excluding hydrogens is 222 g/mol. The van der Waals surface area contributed by atoms with E-state index in [1.54, 1.807) is 0 Å². The molecule has 0 radical (unpaired) electrons. The fourth-order valence-electron chi connectivity index (χ4n) is 2.26. The molecule has 1 fully saturated rings. The molecule has 4 heteroatoms. The smallest absolute Gasteiger partial charge is 0.0647 e. The lowest BCUT2D eigenvalue weighted by atomic mass is 9.86. The van der Waals surface area contributed by atoms with Crippen LogP contribution in [0.15, 0.2) is 0 Å². The zero-order valence-corrected chi connectivity index (χ0v) is 11.4. The van der Waals surface area contributed by atoms with E-state index < -0.39 is 5.54 Å². The van der Waals surface area contributed by atoms with Crippen LogP contribution in [0.2, 0.25) is 0 Å². The van der Waals surface area contributed by atoms with Gasteiger partial charge in [0, 0.05) is 11.8 Å². The molecule has 1 unspecified atom stereocenters. The fraction of sp³-hybridized carbons (Fsp3) is 1.00. The van der Waals surface area contributed by atoms with E-state index in [-0.39, 0.29) is 13.2 Å². The fourth-order valence-corrected chi connectivity index (χ4v) is 3.53. The van der Waals surface area contributed by atoms with Crippen molar-refractivity contribution < 1.29 is 10.2 Å². The second-order valence-corrected chi connectivity index (χ2v) is 6.71. The Kier molecular flexibility index (Phi) is 5.10. The van der Waals surface area contributed by atoms with Crippen LogP contribution in [0.4, 0.5) is 0 Å². The lowest BCUT2D eigenvalue weighted by molar-refractivity contribution is 0.0740. The van der Waals surface area contributed by atoms with Crippen LogP contribution in [0.25, 0.3) is 0 Å². The quantitative estimate of drug-likeness (QED) is 0.684. The molecule has 0 aliphatic carbocycles. The average Bonchev–Trinajstić information content (AvgIpc) is 2.25. The Morgan fingerprint density at radius 3 is 2.44 bits per heavy atom. The molecule has 0 aromatic heterocycles. The van der Waals surface area contributed by atoms with Crippen LogP contribution in [-0.4, -0.2) is 46.5 Å². The minimum Gasteiger partial charge on any atom is -0.394 e. The molecule has 1 saturated heterocycles. The highest BCUT2D eigenvalue weighted by Gasteiger charge is 2.34. The molecule has 1 rings (SSSR count). The van der Waals surface area contributed by atoms with Crippen LogP contribution in [0, 0.1) is 5.41 Å². The molecule has 16 heavy (non-hydrogen) atoms. The van der Waals surface area contributed by atoms with Gasteiger partial charge in [0.25, 0.3) is 0 Å². The van der Waals surface area contributed by atoms with Crippen LogP contribution in [0.3, 0.4) is 0 Å². The number of rotatable bonds is 5. The second kappa shape index (κ2) is 5.71. The monoisotopic (exact) mass is 247 g/mol. The van der Waals surface area contributed by atoms with Gasteiger partial charge < -0.3 is 15.5 Å². The molecule has 0 aromatic carbocycles. The molecule has 0 saturated carbocycles. The molecule has 0 aromatic rings. The first-order valence-electron chi connectivity index (χ1n) is 6.04. The molecule has 0 amide bonds. The van der Waals surface area contributed by atoms with Crippen LogP contribution in [0.5, 0.6) is 0 Å². The Balaban J connectivity index is 2.58. The summed E-state index contributed by atoms with van der Waals surface area (Å²) < 4.78 is 0. The summed E-state index contributed by atoms with van der Waals surface area (Å²) in [6, 6.07) is 0.396. The van der Waals surface area contributed by atoms with Crippen molar-refractivity contribution in [3.63, 3.8) is 0 Å². The minimum atomic E-state index is -0.501. The third-order valence-electron chi connectivity index (χ3n) is 3.40. The third-order valence-corrected chi connectivity index (χ3v) is 5.03. The van der Waals surface area contributed by atoms with E-state index in [0.717, 1.165) is 18.6 Å². The van der Waals surface area contributed by atoms with Crippen molar-refractivity contribution in [2.24, 2.45) is 5.41 Å². The van der Waals surface area contributed by atoms with Crippen molar-refractivity contribution in [2.45, 2.75) is 45.2 Å². The molecule has 3 nitrogen and oxygen atoms in total. The number of hydrogen-bond donors (Lipinski definition) is 3. The van der Waals surface area contributed by atoms with E-state index >= 15 is 0 Å². The van der Waals surface area contributed by atoms with Gasteiger partial charge in [0.05, 0.1) is 18.8 Å². The Bertz CT molecular complexity index is 209. The molecule has 0 bridgehead atoms. The molecule has 0 spiro atoms. The first kappa shape index (κ1) is 14.3. The number of aliphatic hydroxyl groups excluding tert-OH is 2. The predicted octanol–water partition coefficient (Wildman–Crippen LogP) is 1.24. The topological polar surface area (TPSA) is 52.5 Å². The van der Waals surface area contributed by atoms with E-state index in [4.69, 9.17) is 0 Å². The van der Waals surface area contributed by atoms with Gasteiger partial charge in [-0.05, 0) is 24.0 Å². The van der Waals surface area contributed by atoms with Gasteiger partial charge in [0.15, 0.2) is 0 Å². The highest BCUT2D eigenvalue weighted by atomic mass is 32.2. The first-order chi connectivity index (χ1) is 7.47. The van der Waals surface area contributed by atoms with Crippen LogP contribution in [0.1, 0.15) is 33.6 Å². The lowest BCUT2D eigenvalue weighted by Crippen LogP contribution is -2.57. The Morgan fingerprint density at radius 1 is 1.38 bits per heavy atom. The number of thioether (sulfide) groups is 1. The first-order valence-corrected chi connectivity index (χ1v) is 7.19. The lowest BCUT2D eigenvalue weighted by Gasteiger charge is -2.41. The summed E-state index contributed by atoms with van der Waals surface area (Å²) in [5, 5.41) is 22.3. The summed E-state index contributed by atoms with van der Waals surface area (Å²) in [6.45, 7) is 6.56. The van der Waals surface area contributed by atoms with Gasteiger partial charge in [-0.2, -0.15) is 11.8 Å². The summed E-state index contributed by atoms with van der Waals surface area (Å²) >= 11 is 1.96. The summed E-state index contributed by atoms with van der Waals surface area (Å²) in [5.74, 6) is 2.27. The second-order valence-electron chi connectivity index (χ2n) is 5.67. The van der Waals surface area contributed by atoms with Crippen LogP contribution in [-0.2, 0) is 0 Å². The number of hydrogen-bond acceptors (Lipinski definition) is 4. The predicted molar refractivity (Wildman–Crippen MR) is 69.8 cm³/mol. The molecule has 1 aliphatic heterocycles. The Labute approximate surface area is 103 Å². The highest BCUT2D eigenvalue weighted by Crippen LogP contribution is 2.34. The van der Waals surface area contributed by atoms with E-state index in [1.807, 2.05) is 18.7 Å². The van der Waals surface area contributed by atoms with Gasteiger partial charge in [0.1, 0.15) is 0 Å². The highest BCUT2D eigenvalue weighted by molar-refractivity contribution is 7.99. The average molecular weight is 247 g/mol. The zero-order chi connectivity index (χ0) is 12.2. The van der Waals surface area contributed by atoms with E-state index in [1.165, 1.54) is 5.75 Å². The SMILES string of the molecule is CCC(CO)(CO)NC1CSCC(C)(C)C1. The van der Waals surface area contributed by atoms with Crippen molar-refractivity contribution in [3.05, 3.63) is 0 Å². The van der Waals surface area contributed by atoms with Crippen molar-refractivity contribution >= 4 is 11.8 Å². The Morgan fingerprint density at radius 2 is 2.00 bits per heavy atom. The third kappa shape index (κ3) is 3.62. The molecule has 1 heterocycles. The Hall–Kier alpha value is 0.230. The van der Waals surface area contributed by atoms with Gasteiger partial charge >= 0.3 is 0 Å². The molecular formula is C12H25NO2S.